The molecule has 1 fully saturated rings. The lowest BCUT2D eigenvalue weighted by Gasteiger charge is -2.27. The van der Waals surface area contributed by atoms with Crippen LogP contribution in [-0.4, -0.2) is 30.4 Å². The fraction of sp³-hybridized carbons (Fsp3) is 0.533. The number of rotatable bonds is 5. The average Bonchev–Trinajstić information content (AvgIpc) is 3.16. The van der Waals surface area contributed by atoms with Crippen LogP contribution in [0.15, 0.2) is 24.3 Å². The van der Waals surface area contributed by atoms with Crippen molar-refractivity contribution in [3.05, 3.63) is 34.9 Å². The van der Waals surface area contributed by atoms with Gasteiger partial charge in [-0.05, 0) is 44.4 Å². The summed E-state index contributed by atoms with van der Waals surface area (Å²) in [4.78, 5) is 14.7. The second kappa shape index (κ2) is 6.79. The molecule has 0 bridgehead atoms. The molecule has 1 amide bonds. The Balaban J connectivity index is 0.00000200. The molecule has 0 aliphatic heterocycles. The molecular weight excluding hydrogens is 295 g/mol. The smallest absolute Gasteiger partial charge is 0.233 e. The van der Waals surface area contributed by atoms with Crippen LogP contribution < -0.4 is 5.73 Å². The molecule has 2 rings (SSSR count). The molecule has 1 aliphatic rings. The van der Waals surface area contributed by atoms with Crippen LogP contribution in [0.4, 0.5) is 0 Å². The van der Waals surface area contributed by atoms with Gasteiger partial charge in [-0.3, -0.25) is 4.79 Å². The molecule has 3 nitrogen and oxygen atoms in total. The lowest BCUT2D eigenvalue weighted by molar-refractivity contribution is -0.134. The molecule has 1 saturated carbocycles. The number of carbonyl (C=O) groups excluding carboxylic acids is 1. The number of hydrogen-bond acceptors (Lipinski definition) is 2. The molecule has 0 spiro atoms. The van der Waals surface area contributed by atoms with Crippen molar-refractivity contribution in [1.82, 2.24) is 4.90 Å². The normalized spacial score (nSPS) is 23.9. The van der Waals surface area contributed by atoms with Crippen molar-refractivity contribution in [2.24, 2.45) is 11.7 Å². The Bertz CT molecular complexity index is 477. The molecule has 1 aromatic rings. The highest BCUT2D eigenvalue weighted by Crippen LogP contribution is 2.56. The summed E-state index contributed by atoms with van der Waals surface area (Å²) < 4.78 is 0. The zero-order chi connectivity index (χ0) is 14.0. The molecule has 0 saturated heterocycles. The number of benzene rings is 1. The third-order valence-electron chi connectivity index (χ3n) is 4.18. The minimum Gasteiger partial charge on any atom is -0.342 e. The quantitative estimate of drug-likeness (QED) is 0.908. The van der Waals surface area contributed by atoms with E-state index >= 15 is 0 Å². The molecule has 5 heteroatoms. The van der Waals surface area contributed by atoms with Crippen molar-refractivity contribution in [1.29, 1.82) is 0 Å². The van der Waals surface area contributed by atoms with Gasteiger partial charge in [0.1, 0.15) is 0 Å². The van der Waals surface area contributed by atoms with Gasteiger partial charge >= 0.3 is 0 Å². The van der Waals surface area contributed by atoms with Crippen molar-refractivity contribution >= 4 is 29.9 Å². The Hall–Kier alpha value is -0.770. The van der Waals surface area contributed by atoms with E-state index in [1.165, 1.54) is 0 Å². The summed E-state index contributed by atoms with van der Waals surface area (Å²) in [6.45, 7) is 5.97. The van der Waals surface area contributed by atoms with Crippen LogP contribution in [0, 0.1) is 5.92 Å². The molecule has 0 heterocycles. The molecule has 1 aromatic carbocycles. The summed E-state index contributed by atoms with van der Waals surface area (Å²) in [6.07, 6.45) is 0.808. The second-order valence-corrected chi connectivity index (χ2v) is 5.47. The van der Waals surface area contributed by atoms with E-state index in [1.807, 2.05) is 43.0 Å². The van der Waals surface area contributed by atoms with Gasteiger partial charge in [-0.2, -0.15) is 0 Å². The van der Waals surface area contributed by atoms with Crippen LogP contribution in [0.5, 0.6) is 0 Å². The zero-order valence-electron chi connectivity index (χ0n) is 11.9. The van der Waals surface area contributed by atoms with E-state index in [1.54, 1.807) is 0 Å². The molecule has 0 radical (unpaired) electrons. The lowest BCUT2D eigenvalue weighted by Crippen LogP contribution is -2.41. The van der Waals surface area contributed by atoms with Gasteiger partial charge in [0, 0.05) is 18.1 Å². The largest absolute Gasteiger partial charge is 0.342 e. The number of halogens is 2. The first kappa shape index (κ1) is 17.3. The Morgan fingerprint density at radius 2 is 2.00 bits per heavy atom. The standard InChI is InChI=1S/C15H21ClN2O.ClH/c1-3-18(4-2)14(19)15(9-11(15)10-17)12-7-5-6-8-13(12)16;/h5-8,11H,3-4,9-10,17H2,1-2H3;1H/t11?,15-;/m1./s1. The predicted octanol–water partition coefficient (Wildman–Crippen LogP) is 2.85. The summed E-state index contributed by atoms with van der Waals surface area (Å²) in [6, 6.07) is 7.63. The van der Waals surface area contributed by atoms with Crippen molar-refractivity contribution < 1.29 is 4.79 Å². The topological polar surface area (TPSA) is 46.3 Å². The number of nitrogens with two attached hydrogens (primary N) is 1. The van der Waals surface area contributed by atoms with Gasteiger partial charge in [0.05, 0.1) is 5.41 Å². The number of amides is 1. The van der Waals surface area contributed by atoms with E-state index in [-0.39, 0.29) is 24.2 Å². The minimum absolute atomic E-state index is 0. The number of likely N-dealkylation sites (N-methyl/N-ethyl adjacent to an activating group) is 1. The van der Waals surface area contributed by atoms with Crippen LogP contribution in [0.1, 0.15) is 25.8 Å². The van der Waals surface area contributed by atoms with E-state index in [4.69, 9.17) is 17.3 Å². The number of hydrogen-bond donors (Lipinski definition) is 1. The molecule has 112 valence electrons. The summed E-state index contributed by atoms with van der Waals surface area (Å²) in [7, 11) is 0. The molecule has 20 heavy (non-hydrogen) atoms. The minimum atomic E-state index is -0.487. The predicted molar refractivity (Wildman–Crippen MR) is 85.5 cm³/mol. The summed E-state index contributed by atoms with van der Waals surface area (Å²) in [5.74, 6) is 0.376. The highest BCUT2D eigenvalue weighted by atomic mass is 35.5. The molecular formula is C15H22Cl2N2O. The van der Waals surface area contributed by atoms with Gasteiger partial charge in [0.25, 0.3) is 0 Å². The summed E-state index contributed by atoms with van der Waals surface area (Å²) in [5.41, 5.74) is 6.25. The van der Waals surface area contributed by atoms with Gasteiger partial charge in [-0.25, -0.2) is 0 Å². The van der Waals surface area contributed by atoms with Gasteiger partial charge < -0.3 is 10.6 Å². The van der Waals surface area contributed by atoms with Crippen molar-refractivity contribution in [3.63, 3.8) is 0 Å². The maximum absolute atomic E-state index is 12.8. The Labute approximate surface area is 131 Å². The fourth-order valence-corrected chi connectivity index (χ4v) is 3.24. The van der Waals surface area contributed by atoms with Gasteiger partial charge in [-0.15, -0.1) is 12.4 Å². The number of carbonyl (C=O) groups is 1. The first-order chi connectivity index (χ1) is 9.11. The van der Waals surface area contributed by atoms with Crippen LogP contribution in [-0.2, 0) is 10.2 Å². The fourth-order valence-electron chi connectivity index (χ4n) is 2.94. The number of nitrogens with zero attached hydrogens (tertiary/aromatic N) is 1. The Morgan fingerprint density at radius 3 is 2.45 bits per heavy atom. The van der Waals surface area contributed by atoms with Crippen molar-refractivity contribution in [2.75, 3.05) is 19.6 Å². The van der Waals surface area contributed by atoms with Crippen molar-refractivity contribution in [3.8, 4) is 0 Å². The van der Waals surface area contributed by atoms with E-state index in [2.05, 4.69) is 0 Å². The molecule has 1 aliphatic carbocycles. The zero-order valence-corrected chi connectivity index (χ0v) is 13.5. The lowest BCUT2D eigenvalue weighted by atomic mass is 9.91. The maximum Gasteiger partial charge on any atom is 0.233 e. The summed E-state index contributed by atoms with van der Waals surface area (Å²) >= 11 is 6.29. The SMILES string of the molecule is CCN(CC)C(=O)[C@]1(c2ccccc2Cl)CC1CN.Cl. The Kier molecular flexibility index (Phi) is 5.87. The van der Waals surface area contributed by atoms with E-state index in [0.29, 0.717) is 11.6 Å². The second-order valence-electron chi connectivity index (χ2n) is 5.07. The third-order valence-corrected chi connectivity index (χ3v) is 4.51. The molecule has 2 atom stereocenters. The van der Waals surface area contributed by atoms with E-state index in [9.17, 15) is 4.79 Å². The van der Waals surface area contributed by atoms with Crippen molar-refractivity contribution in [2.45, 2.75) is 25.7 Å². The first-order valence-electron chi connectivity index (χ1n) is 6.86. The first-order valence-corrected chi connectivity index (χ1v) is 7.24. The highest BCUT2D eigenvalue weighted by molar-refractivity contribution is 6.32. The molecule has 1 unspecified atom stereocenters. The van der Waals surface area contributed by atoms with Crippen LogP contribution in [0.2, 0.25) is 5.02 Å². The highest BCUT2D eigenvalue weighted by Gasteiger charge is 2.61. The van der Waals surface area contributed by atoms with Gasteiger partial charge in [0.15, 0.2) is 0 Å². The van der Waals surface area contributed by atoms with Crippen LogP contribution >= 0.6 is 24.0 Å². The maximum atomic E-state index is 12.8. The van der Waals surface area contributed by atoms with E-state index < -0.39 is 5.41 Å². The van der Waals surface area contributed by atoms with Crippen LogP contribution in [0.3, 0.4) is 0 Å². The van der Waals surface area contributed by atoms with E-state index in [0.717, 1.165) is 25.1 Å². The molecule has 0 aromatic heterocycles. The monoisotopic (exact) mass is 316 g/mol. The Morgan fingerprint density at radius 1 is 1.40 bits per heavy atom. The molecule has 2 N–H and O–H groups in total. The average molecular weight is 317 g/mol. The van der Waals surface area contributed by atoms with Gasteiger partial charge in [0.2, 0.25) is 5.91 Å². The van der Waals surface area contributed by atoms with Crippen LogP contribution in [0.25, 0.3) is 0 Å². The summed E-state index contributed by atoms with van der Waals surface area (Å²) in [5, 5.41) is 0.666. The third kappa shape index (κ3) is 2.67. The van der Waals surface area contributed by atoms with Gasteiger partial charge in [-0.1, -0.05) is 29.8 Å².